The van der Waals surface area contributed by atoms with Gasteiger partial charge in [0, 0.05) is 17.5 Å². The van der Waals surface area contributed by atoms with Gasteiger partial charge >= 0.3 is 5.97 Å². The van der Waals surface area contributed by atoms with Gasteiger partial charge in [-0.25, -0.2) is 0 Å². The minimum atomic E-state index is -0.322. The third-order valence-corrected chi connectivity index (χ3v) is 2.07. The van der Waals surface area contributed by atoms with Gasteiger partial charge in [-0.05, 0) is 13.0 Å². The van der Waals surface area contributed by atoms with Crippen molar-refractivity contribution in [2.75, 3.05) is 0 Å². The first-order valence-electron chi connectivity index (χ1n) is 4.19. The molecule has 0 N–H and O–H groups in total. The molecular formula is C11H11BrO2. The molecule has 74 valence electrons. The third kappa shape index (κ3) is 3.00. The van der Waals surface area contributed by atoms with E-state index in [2.05, 4.69) is 15.9 Å². The van der Waals surface area contributed by atoms with Crippen molar-refractivity contribution in [3.63, 3.8) is 0 Å². The fraction of sp³-hybridized carbons (Fsp3) is 0.182. The molecule has 0 aliphatic carbocycles. The van der Waals surface area contributed by atoms with Crippen LogP contribution in [-0.4, -0.2) is 5.97 Å². The molecule has 1 aromatic carbocycles. The van der Waals surface area contributed by atoms with Crippen molar-refractivity contribution in [1.82, 2.24) is 0 Å². The molecule has 0 aromatic heterocycles. The number of benzene rings is 1. The molecule has 0 aliphatic heterocycles. The van der Waals surface area contributed by atoms with E-state index in [-0.39, 0.29) is 5.97 Å². The smallest absolute Gasteiger partial charge is 0.308 e. The van der Waals surface area contributed by atoms with Crippen LogP contribution in [0.25, 0.3) is 5.76 Å². The number of ether oxygens (including phenoxy) is 1. The Balaban J connectivity index is 2.96. The fourth-order valence-electron chi connectivity index (χ4n) is 1.10. The van der Waals surface area contributed by atoms with Crippen LogP contribution in [0.2, 0.25) is 0 Å². The standard InChI is InChI=1S/C11H11BrO2/c1-8-4-3-5-10(6-8)11(7-12)14-9(2)13/h3-7H,1-2H3/b11-7-. The molecule has 3 heteroatoms. The van der Waals surface area contributed by atoms with Crippen LogP contribution in [0.15, 0.2) is 29.3 Å². The number of aryl methyl sites for hydroxylation is 1. The summed E-state index contributed by atoms with van der Waals surface area (Å²) in [5.41, 5.74) is 2.01. The van der Waals surface area contributed by atoms with Gasteiger partial charge in [0.25, 0.3) is 0 Å². The lowest BCUT2D eigenvalue weighted by Gasteiger charge is -2.06. The van der Waals surface area contributed by atoms with Gasteiger partial charge in [-0.15, -0.1) is 0 Å². The summed E-state index contributed by atoms with van der Waals surface area (Å²) < 4.78 is 5.02. The van der Waals surface area contributed by atoms with Crippen molar-refractivity contribution in [2.45, 2.75) is 13.8 Å². The Labute approximate surface area is 91.7 Å². The van der Waals surface area contributed by atoms with Gasteiger partial charge in [0.05, 0.1) is 0 Å². The molecule has 0 unspecified atom stereocenters. The van der Waals surface area contributed by atoms with Gasteiger partial charge < -0.3 is 4.74 Å². The first-order valence-corrected chi connectivity index (χ1v) is 5.11. The first kappa shape index (κ1) is 11.0. The Bertz CT molecular complexity index is 369. The van der Waals surface area contributed by atoms with Crippen molar-refractivity contribution >= 4 is 27.7 Å². The van der Waals surface area contributed by atoms with Gasteiger partial charge in [-0.3, -0.25) is 4.79 Å². The fourth-order valence-corrected chi connectivity index (χ4v) is 1.46. The number of halogens is 1. The molecule has 0 spiro atoms. The molecular weight excluding hydrogens is 244 g/mol. The van der Waals surface area contributed by atoms with E-state index in [9.17, 15) is 4.79 Å². The third-order valence-electron chi connectivity index (χ3n) is 1.66. The summed E-state index contributed by atoms with van der Waals surface area (Å²) in [5.74, 6) is 0.207. The topological polar surface area (TPSA) is 26.3 Å². The van der Waals surface area contributed by atoms with Gasteiger partial charge in [-0.1, -0.05) is 39.7 Å². The molecule has 0 amide bonds. The molecule has 14 heavy (non-hydrogen) atoms. The van der Waals surface area contributed by atoms with E-state index in [4.69, 9.17) is 4.74 Å². The summed E-state index contributed by atoms with van der Waals surface area (Å²) >= 11 is 3.17. The van der Waals surface area contributed by atoms with Gasteiger partial charge in [0.1, 0.15) is 5.76 Å². The van der Waals surface area contributed by atoms with E-state index >= 15 is 0 Å². The maximum atomic E-state index is 10.8. The Hall–Kier alpha value is -1.09. The average molecular weight is 255 g/mol. The second-order valence-electron chi connectivity index (χ2n) is 2.94. The van der Waals surface area contributed by atoms with Gasteiger partial charge in [0.15, 0.2) is 0 Å². The molecule has 0 aliphatic rings. The molecule has 1 rings (SSSR count). The zero-order valence-corrected chi connectivity index (χ0v) is 9.67. The Kier molecular flexibility index (Phi) is 3.89. The lowest BCUT2D eigenvalue weighted by atomic mass is 10.1. The first-order chi connectivity index (χ1) is 6.63. The normalized spacial score (nSPS) is 11.2. The van der Waals surface area contributed by atoms with Crippen molar-refractivity contribution in [3.05, 3.63) is 40.4 Å². The average Bonchev–Trinajstić information content (AvgIpc) is 2.14. The summed E-state index contributed by atoms with van der Waals surface area (Å²) in [6.07, 6.45) is 0. The highest BCUT2D eigenvalue weighted by Gasteiger charge is 2.04. The van der Waals surface area contributed by atoms with Gasteiger partial charge in [0.2, 0.25) is 0 Å². The van der Waals surface area contributed by atoms with E-state index in [1.807, 2.05) is 31.2 Å². The summed E-state index contributed by atoms with van der Waals surface area (Å²) in [6, 6.07) is 7.76. The quantitative estimate of drug-likeness (QED) is 0.599. The number of rotatable bonds is 2. The maximum absolute atomic E-state index is 10.8. The van der Waals surface area contributed by atoms with Crippen LogP contribution in [0.1, 0.15) is 18.1 Å². The number of esters is 1. The molecule has 2 nitrogen and oxygen atoms in total. The largest absolute Gasteiger partial charge is 0.426 e. The summed E-state index contributed by atoms with van der Waals surface area (Å²) in [4.78, 5) is 12.4. The summed E-state index contributed by atoms with van der Waals surface area (Å²) in [6.45, 7) is 3.37. The zero-order chi connectivity index (χ0) is 10.6. The Morgan fingerprint density at radius 1 is 1.50 bits per heavy atom. The zero-order valence-electron chi connectivity index (χ0n) is 8.08. The van der Waals surface area contributed by atoms with Crippen LogP contribution < -0.4 is 0 Å². The van der Waals surface area contributed by atoms with E-state index in [1.165, 1.54) is 6.92 Å². The van der Waals surface area contributed by atoms with Crippen LogP contribution in [0.5, 0.6) is 0 Å². The van der Waals surface area contributed by atoms with Gasteiger partial charge in [-0.2, -0.15) is 0 Å². The Morgan fingerprint density at radius 2 is 2.21 bits per heavy atom. The van der Waals surface area contributed by atoms with Crippen molar-refractivity contribution < 1.29 is 9.53 Å². The second-order valence-corrected chi connectivity index (χ2v) is 3.39. The monoisotopic (exact) mass is 254 g/mol. The molecule has 1 aromatic rings. The number of hydrogen-bond acceptors (Lipinski definition) is 2. The van der Waals surface area contributed by atoms with Crippen molar-refractivity contribution in [2.24, 2.45) is 0 Å². The number of hydrogen-bond donors (Lipinski definition) is 0. The Morgan fingerprint density at radius 3 is 2.71 bits per heavy atom. The van der Waals surface area contributed by atoms with E-state index in [0.29, 0.717) is 5.76 Å². The van der Waals surface area contributed by atoms with E-state index in [1.54, 1.807) is 4.99 Å². The molecule has 0 saturated carbocycles. The lowest BCUT2D eigenvalue weighted by Crippen LogP contribution is -1.97. The highest BCUT2D eigenvalue weighted by atomic mass is 79.9. The van der Waals surface area contributed by atoms with Crippen LogP contribution >= 0.6 is 15.9 Å². The predicted octanol–water partition coefficient (Wildman–Crippen LogP) is 3.25. The molecule has 0 saturated heterocycles. The van der Waals surface area contributed by atoms with Crippen molar-refractivity contribution in [1.29, 1.82) is 0 Å². The highest BCUT2D eigenvalue weighted by Crippen LogP contribution is 2.18. The van der Waals surface area contributed by atoms with Crippen LogP contribution in [0.3, 0.4) is 0 Å². The molecule has 0 heterocycles. The number of carbonyl (C=O) groups is 1. The predicted molar refractivity (Wildman–Crippen MR) is 59.8 cm³/mol. The van der Waals surface area contributed by atoms with Crippen LogP contribution in [0.4, 0.5) is 0 Å². The summed E-state index contributed by atoms with van der Waals surface area (Å²) in [7, 11) is 0. The second kappa shape index (κ2) is 4.96. The van der Waals surface area contributed by atoms with Crippen LogP contribution in [-0.2, 0) is 9.53 Å². The summed E-state index contributed by atoms with van der Waals surface area (Å²) in [5, 5.41) is 0. The van der Waals surface area contributed by atoms with E-state index < -0.39 is 0 Å². The molecule has 0 atom stereocenters. The molecule has 0 fully saturated rings. The highest BCUT2D eigenvalue weighted by molar-refractivity contribution is 9.11. The number of carbonyl (C=O) groups excluding carboxylic acids is 1. The molecule has 0 radical (unpaired) electrons. The lowest BCUT2D eigenvalue weighted by molar-refractivity contribution is -0.134. The SMILES string of the molecule is CC(=O)O/C(=C\Br)c1cccc(C)c1. The maximum Gasteiger partial charge on any atom is 0.308 e. The van der Waals surface area contributed by atoms with E-state index in [0.717, 1.165) is 11.1 Å². The minimum Gasteiger partial charge on any atom is -0.426 e. The van der Waals surface area contributed by atoms with Crippen LogP contribution in [0, 0.1) is 6.92 Å². The minimum absolute atomic E-state index is 0.322. The molecule has 0 bridgehead atoms. The van der Waals surface area contributed by atoms with Crippen molar-refractivity contribution in [3.8, 4) is 0 Å².